The van der Waals surface area contributed by atoms with Gasteiger partial charge in [-0.25, -0.2) is 4.39 Å². The number of benzene rings is 2. The fourth-order valence-corrected chi connectivity index (χ4v) is 2.15. The van der Waals surface area contributed by atoms with Crippen LogP contribution in [0.15, 0.2) is 42.5 Å². The average molecular weight is 336 g/mol. The predicted molar refractivity (Wildman–Crippen MR) is 81.4 cm³/mol. The Morgan fingerprint density at radius 1 is 1.15 bits per heavy atom. The minimum atomic E-state index is -0.251. The standard InChI is InChI=1S/C16H15BrFNO/c1-11-2-3-13(8-15(11)18)10-19-16(20)14-6-4-12(9-17)5-7-14/h2-8H,9-10H2,1H3,(H,19,20). The van der Waals surface area contributed by atoms with E-state index in [1.807, 2.05) is 18.2 Å². The van der Waals surface area contributed by atoms with E-state index >= 15 is 0 Å². The predicted octanol–water partition coefficient (Wildman–Crippen LogP) is 3.96. The van der Waals surface area contributed by atoms with Crippen molar-refractivity contribution in [3.8, 4) is 0 Å². The Hall–Kier alpha value is -1.68. The van der Waals surface area contributed by atoms with Crippen LogP contribution in [-0.4, -0.2) is 5.91 Å². The highest BCUT2D eigenvalue weighted by Crippen LogP contribution is 2.10. The number of amides is 1. The molecule has 1 N–H and O–H groups in total. The molecule has 0 radical (unpaired) electrons. The van der Waals surface area contributed by atoms with Gasteiger partial charge in [0.1, 0.15) is 5.82 Å². The van der Waals surface area contributed by atoms with Crippen molar-refractivity contribution < 1.29 is 9.18 Å². The lowest BCUT2D eigenvalue weighted by molar-refractivity contribution is 0.0951. The lowest BCUT2D eigenvalue weighted by Gasteiger charge is -2.07. The van der Waals surface area contributed by atoms with E-state index in [4.69, 9.17) is 0 Å². The molecule has 2 aromatic rings. The molecular formula is C16H15BrFNO. The van der Waals surface area contributed by atoms with E-state index in [2.05, 4.69) is 21.2 Å². The quantitative estimate of drug-likeness (QED) is 0.842. The van der Waals surface area contributed by atoms with Gasteiger partial charge in [0.15, 0.2) is 0 Å². The molecule has 2 rings (SSSR count). The van der Waals surface area contributed by atoms with Gasteiger partial charge in [-0.1, -0.05) is 40.2 Å². The van der Waals surface area contributed by atoms with Gasteiger partial charge in [-0.05, 0) is 41.8 Å². The Morgan fingerprint density at radius 2 is 1.80 bits per heavy atom. The summed E-state index contributed by atoms with van der Waals surface area (Å²) < 4.78 is 13.4. The number of nitrogens with one attached hydrogen (secondary N) is 1. The Balaban J connectivity index is 1.98. The lowest BCUT2D eigenvalue weighted by Crippen LogP contribution is -2.22. The van der Waals surface area contributed by atoms with E-state index in [0.717, 1.165) is 16.5 Å². The molecule has 2 nitrogen and oxygen atoms in total. The zero-order chi connectivity index (χ0) is 14.5. The van der Waals surface area contributed by atoms with Crippen LogP contribution < -0.4 is 5.32 Å². The third kappa shape index (κ3) is 3.67. The van der Waals surface area contributed by atoms with Gasteiger partial charge < -0.3 is 5.32 Å². The zero-order valence-electron chi connectivity index (χ0n) is 11.1. The maximum atomic E-state index is 13.4. The molecule has 104 valence electrons. The monoisotopic (exact) mass is 335 g/mol. The third-order valence-corrected chi connectivity index (χ3v) is 3.71. The van der Waals surface area contributed by atoms with Crippen molar-refractivity contribution in [2.75, 3.05) is 0 Å². The number of halogens is 2. The van der Waals surface area contributed by atoms with Gasteiger partial charge in [0, 0.05) is 17.4 Å². The molecule has 0 aliphatic rings. The Labute approximate surface area is 126 Å². The Kier molecular flexibility index (Phi) is 4.90. The topological polar surface area (TPSA) is 29.1 Å². The summed E-state index contributed by atoms with van der Waals surface area (Å²) in [7, 11) is 0. The van der Waals surface area contributed by atoms with E-state index in [-0.39, 0.29) is 11.7 Å². The normalized spacial score (nSPS) is 10.3. The second kappa shape index (κ2) is 6.66. The van der Waals surface area contributed by atoms with Gasteiger partial charge in [-0.2, -0.15) is 0 Å². The number of hydrogen-bond donors (Lipinski definition) is 1. The van der Waals surface area contributed by atoms with Crippen LogP contribution in [-0.2, 0) is 11.9 Å². The molecule has 0 heterocycles. The first-order valence-corrected chi connectivity index (χ1v) is 7.40. The van der Waals surface area contributed by atoms with Crippen molar-refractivity contribution in [1.29, 1.82) is 0 Å². The lowest BCUT2D eigenvalue weighted by atomic mass is 10.1. The fraction of sp³-hybridized carbons (Fsp3) is 0.188. The van der Waals surface area contributed by atoms with E-state index in [9.17, 15) is 9.18 Å². The van der Waals surface area contributed by atoms with E-state index in [0.29, 0.717) is 17.7 Å². The molecule has 0 spiro atoms. The molecule has 0 aromatic heterocycles. The summed E-state index contributed by atoms with van der Waals surface area (Å²) in [6, 6.07) is 12.3. The first kappa shape index (κ1) is 14.7. The number of carbonyl (C=O) groups is 1. The first-order valence-electron chi connectivity index (χ1n) is 6.28. The zero-order valence-corrected chi connectivity index (χ0v) is 12.7. The summed E-state index contributed by atoms with van der Waals surface area (Å²) in [4.78, 5) is 12.0. The number of aryl methyl sites for hydroxylation is 1. The molecule has 2 aromatic carbocycles. The smallest absolute Gasteiger partial charge is 0.251 e. The molecule has 0 atom stereocenters. The Morgan fingerprint density at radius 3 is 2.40 bits per heavy atom. The minimum absolute atomic E-state index is 0.160. The molecule has 0 aliphatic carbocycles. The highest BCUT2D eigenvalue weighted by molar-refractivity contribution is 9.08. The van der Waals surface area contributed by atoms with Crippen LogP contribution in [0, 0.1) is 12.7 Å². The highest BCUT2D eigenvalue weighted by atomic mass is 79.9. The molecule has 4 heteroatoms. The highest BCUT2D eigenvalue weighted by Gasteiger charge is 2.06. The van der Waals surface area contributed by atoms with Gasteiger partial charge in [0.05, 0.1) is 0 Å². The SMILES string of the molecule is Cc1ccc(CNC(=O)c2ccc(CBr)cc2)cc1F. The Bertz CT molecular complexity index is 610. The van der Waals surface area contributed by atoms with Crippen LogP contribution in [0.1, 0.15) is 27.0 Å². The van der Waals surface area contributed by atoms with Crippen molar-refractivity contribution in [3.63, 3.8) is 0 Å². The summed E-state index contributed by atoms with van der Waals surface area (Å²) in [5.41, 5.74) is 3.06. The molecule has 0 fully saturated rings. The van der Waals surface area contributed by atoms with Gasteiger partial charge in [0.2, 0.25) is 0 Å². The average Bonchev–Trinajstić information content (AvgIpc) is 2.48. The summed E-state index contributed by atoms with van der Waals surface area (Å²) in [5, 5.41) is 3.54. The molecule has 0 unspecified atom stereocenters. The number of alkyl halides is 1. The van der Waals surface area contributed by atoms with E-state index < -0.39 is 0 Å². The molecule has 0 saturated heterocycles. The summed E-state index contributed by atoms with van der Waals surface area (Å²) >= 11 is 3.36. The second-order valence-corrected chi connectivity index (χ2v) is 5.16. The summed E-state index contributed by atoms with van der Waals surface area (Å²) in [6.45, 7) is 2.03. The maximum absolute atomic E-state index is 13.4. The molecule has 0 bridgehead atoms. The first-order chi connectivity index (χ1) is 9.60. The van der Waals surface area contributed by atoms with Crippen LogP contribution >= 0.6 is 15.9 Å². The number of hydrogen-bond acceptors (Lipinski definition) is 1. The van der Waals surface area contributed by atoms with Crippen LogP contribution in [0.25, 0.3) is 0 Å². The third-order valence-electron chi connectivity index (χ3n) is 3.06. The van der Waals surface area contributed by atoms with Gasteiger partial charge in [-0.15, -0.1) is 0 Å². The molecule has 0 saturated carbocycles. The summed E-state index contributed by atoms with van der Waals surface area (Å²) in [5.74, 6) is -0.412. The fourth-order valence-electron chi connectivity index (χ4n) is 1.78. The van der Waals surface area contributed by atoms with Crippen molar-refractivity contribution in [3.05, 3.63) is 70.5 Å². The number of carbonyl (C=O) groups excluding carboxylic acids is 1. The van der Waals surface area contributed by atoms with Crippen molar-refractivity contribution in [2.45, 2.75) is 18.8 Å². The molecule has 1 amide bonds. The van der Waals surface area contributed by atoms with Crippen molar-refractivity contribution >= 4 is 21.8 Å². The van der Waals surface area contributed by atoms with Crippen LogP contribution in [0.4, 0.5) is 4.39 Å². The van der Waals surface area contributed by atoms with Crippen molar-refractivity contribution in [2.24, 2.45) is 0 Å². The minimum Gasteiger partial charge on any atom is -0.348 e. The van der Waals surface area contributed by atoms with E-state index in [1.165, 1.54) is 6.07 Å². The maximum Gasteiger partial charge on any atom is 0.251 e. The van der Waals surface area contributed by atoms with Gasteiger partial charge in [-0.3, -0.25) is 4.79 Å². The molecular weight excluding hydrogens is 321 g/mol. The molecule has 20 heavy (non-hydrogen) atoms. The van der Waals surface area contributed by atoms with Crippen molar-refractivity contribution in [1.82, 2.24) is 5.32 Å². The largest absolute Gasteiger partial charge is 0.348 e. The van der Waals surface area contributed by atoms with Crippen LogP contribution in [0.5, 0.6) is 0 Å². The summed E-state index contributed by atoms with van der Waals surface area (Å²) in [6.07, 6.45) is 0. The van der Waals surface area contributed by atoms with Gasteiger partial charge in [0.25, 0.3) is 5.91 Å². The molecule has 0 aliphatic heterocycles. The van der Waals surface area contributed by atoms with Crippen LogP contribution in [0.2, 0.25) is 0 Å². The van der Waals surface area contributed by atoms with E-state index in [1.54, 1.807) is 25.1 Å². The number of rotatable bonds is 4. The van der Waals surface area contributed by atoms with Crippen LogP contribution in [0.3, 0.4) is 0 Å². The van der Waals surface area contributed by atoms with Gasteiger partial charge >= 0.3 is 0 Å². The second-order valence-electron chi connectivity index (χ2n) is 4.60.